The fourth-order valence-corrected chi connectivity index (χ4v) is 4.32. The number of nitrogens with one attached hydrogen (secondary N) is 1. The summed E-state index contributed by atoms with van der Waals surface area (Å²) >= 11 is 5.85. The summed E-state index contributed by atoms with van der Waals surface area (Å²) in [4.78, 5) is 18.4. The molecule has 0 spiro atoms. The van der Waals surface area contributed by atoms with Gasteiger partial charge in [-0.1, -0.05) is 11.6 Å². The normalized spacial score (nSPS) is 16.6. The highest BCUT2D eigenvalue weighted by molar-refractivity contribution is 7.92. The van der Waals surface area contributed by atoms with Crippen LogP contribution in [0.3, 0.4) is 0 Å². The van der Waals surface area contributed by atoms with E-state index >= 15 is 0 Å². The third kappa shape index (κ3) is 6.78. The van der Waals surface area contributed by atoms with Gasteiger partial charge < -0.3 is 10.2 Å². The maximum absolute atomic E-state index is 13.8. The summed E-state index contributed by atoms with van der Waals surface area (Å²) in [5.74, 6) is -3.65. The van der Waals surface area contributed by atoms with Crippen LogP contribution in [-0.2, 0) is 15.9 Å². The van der Waals surface area contributed by atoms with Crippen LogP contribution in [-0.4, -0.2) is 46.6 Å². The zero-order valence-corrected chi connectivity index (χ0v) is 19.8. The molecule has 1 aliphatic rings. The van der Waals surface area contributed by atoms with Crippen molar-refractivity contribution in [3.05, 3.63) is 46.6 Å². The van der Waals surface area contributed by atoms with E-state index in [4.69, 9.17) is 11.6 Å². The molecule has 1 fully saturated rings. The van der Waals surface area contributed by atoms with Gasteiger partial charge in [-0.15, -0.1) is 0 Å². The smallest absolute Gasteiger partial charge is 0.371 e. The van der Waals surface area contributed by atoms with Gasteiger partial charge in [-0.25, -0.2) is 18.0 Å². The zero-order chi connectivity index (χ0) is 25.3. The average molecular weight is 525 g/mol. The molecule has 2 heterocycles. The van der Waals surface area contributed by atoms with Gasteiger partial charge in [0.1, 0.15) is 0 Å². The summed E-state index contributed by atoms with van der Waals surface area (Å²) in [5, 5.41) is 1.84. The summed E-state index contributed by atoms with van der Waals surface area (Å²) in [6, 6.07) is 4.37. The standard InChI is InChI=1S/C21H22ClF5N4O2S/c1-34(2,33)30-18-10-13(4-7-28-18)29-19(32)14-11-16(22)15(21(25,26)27)12-17(14)31-8-3-5-20(23,24)6-9-31/h4,7,10-12H,3,5-6,8-9H2,1-2H3,(H,28,29,32). The van der Waals surface area contributed by atoms with Crippen LogP contribution in [0.2, 0.25) is 5.02 Å². The summed E-state index contributed by atoms with van der Waals surface area (Å²) in [7, 11) is -2.53. The van der Waals surface area contributed by atoms with Crippen molar-refractivity contribution < 1.29 is 31.0 Å². The lowest BCUT2D eigenvalue weighted by atomic mass is 10.1. The van der Waals surface area contributed by atoms with Crippen molar-refractivity contribution in [2.24, 2.45) is 4.36 Å². The molecule has 0 bridgehead atoms. The molecule has 13 heteroatoms. The third-order valence-electron chi connectivity index (χ3n) is 5.01. The van der Waals surface area contributed by atoms with Crippen molar-refractivity contribution >= 4 is 44.4 Å². The first-order chi connectivity index (χ1) is 15.6. The molecule has 1 aliphatic heterocycles. The maximum Gasteiger partial charge on any atom is 0.417 e. The van der Waals surface area contributed by atoms with Crippen molar-refractivity contribution in [2.45, 2.75) is 31.4 Å². The topological polar surface area (TPSA) is 74.7 Å². The number of benzene rings is 1. The molecule has 1 aromatic carbocycles. The van der Waals surface area contributed by atoms with Crippen LogP contribution in [0, 0.1) is 0 Å². The van der Waals surface area contributed by atoms with E-state index in [1.54, 1.807) is 0 Å². The van der Waals surface area contributed by atoms with Crippen molar-refractivity contribution in [1.82, 2.24) is 4.98 Å². The first-order valence-corrected chi connectivity index (χ1v) is 12.8. The number of carbonyl (C=O) groups is 1. The summed E-state index contributed by atoms with van der Waals surface area (Å²) in [6.07, 6.45) is -1.59. The lowest BCUT2D eigenvalue weighted by molar-refractivity contribution is -0.137. The molecule has 3 rings (SSSR count). The Morgan fingerprint density at radius 2 is 1.91 bits per heavy atom. The van der Waals surface area contributed by atoms with Gasteiger partial charge in [-0.05, 0) is 24.6 Å². The Hall–Kier alpha value is -2.47. The number of halogens is 6. The molecule has 0 aliphatic carbocycles. The van der Waals surface area contributed by atoms with E-state index < -0.39 is 51.2 Å². The SMILES string of the molecule is CS(C)(=O)=Nc1cc(NC(=O)c2cc(Cl)c(C(F)(F)F)cc2N2CCCC(F)(F)CC2)ccn1. The van der Waals surface area contributed by atoms with Crippen LogP contribution in [0.15, 0.2) is 34.8 Å². The predicted octanol–water partition coefficient (Wildman–Crippen LogP) is 5.99. The Bertz CT molecular complexity index is 1200. The molecule has 0 unspecified atom stereocenters. The fourth-order valence-electron chi connectivity index (χ4n) is 3.50. The largest absolute Gasteiger partial charge is 0.417 e. The van der Waals surface area contributed by atoms with E-state index in [2.05, 4.69) is 14.7 Å². The fraction of sp³-hybridized carbons (Fsp3) is 0.429. The average Bonchev–Trinajstić information content (AvgIpc) is 2.86. The van der Waals surface area contributed by atoms with Gasteiger partial charge >= 0.3 is 6.18 Å². The lowest BCUT2D eigenvalue weighted by Gasteiger charge is -2.27. The number of alkyl halides is 5. The molecule has 1 saturated heterocycles. The minimum atomic E-state index is -4.80. The molecule has 1 aromatic heterocycles. The second-order valence-corrected chi connectivity index (χ2v) is 11.1. The molecular formula is C21H22ClF5N4O2S. The molecule has 0 radical (unpaired) electrons. The number of aromatic nitrogens is 1. The highest BCUT2D eigenvalue weighted by atomic mass is 35.5. The number of nitrogens with zero attached hydrogens (tertiary/aromatic N) is 3. The summed E-state index contributed by atoms with van der Waals surface area (Å²) in [5.41, 5.74) is -1.31. The van der Waals surface area contributed by atoms with E-state index in [1.807, 2.05) is 0 Å². The van der Waals surface area contributed by atoms with E-state index in [1.165, 1.54) is 35.7 Å². The van der Waals surface area contributed by atoms with Gasteiger partial charge in [0, 0.05) is 66.1 Å². The minimum absolute atomic E-state index is 0.0422. The van der Waals surface area contributed by atoms with Crippen LogP contribution >= 0.6 is 11.6 Å². The maximum atomic E-state index is 13.8. The molecule has 0 atom stereocenters. The third-order valence-corrected chi connectivity index (χ3v) is 5.95. The quantitative estimate of drug-likeness (QED) is 0.498. The van der Waals surface area contributed by atoms with Crippen molar-refractivity contribution in [3.63, 3.8) is 0 Å². The minimum Gasteiger partial charge on any atom is -0.371 e. The van der Waals surface area contributed by atoms with Crippen LogP contribution in [0.4, 0.5) is 39.1 Å². The molecule has 34 heavy (non-hydrogen) atoms. The van der Waals surface area contributed by atoms with Crippen molar-refractivity contribution in [1.29, 1.82) is 0 Å². The van der Waals surface area contributed by atoms with Gasteiger partial charge in [-0.3, -0.25) is 4.79 Å². The predicted molar refractivity (Wildman–Crippen MR) is 122 cm³/mol. The highest BCUT2D eigenvalue weighted by Crippen LogP contribution is 2.40. The number of anilines is 2. The Balaban J connectivity index is 2.01. The number of pyridine rings is 1. The Morgan fingerprint density at radius 1 is 1.21 bits per heavy atom. The number of amides is 1. The second kappa shape index (κ2) is 9.65. The molecule has 6 nitrogen and oxygen atoms in total. The van der Waals surface area contributed by atoms with E-state index in [9.17, 15) is 31.0 Å². The molecule has 186 valence electrons. The van der Waals surface area contributed by atoms with Crippen LogP contribution in [0.25, 0.3) is 0 Å². The lowest BCUT2D eigenvalue weighted by Crippen LogP contribution is -2.29. The van der Waals surface area contributed by atoms with E-state index in [0.29, 0.717) is 0 Å². The Labute approximate surface area is 198 Å². The second-order valence-electron chi connectivity index (χ2n) is 8.17. The summed E-state index contributed by atoms with van der Waals surface area (Å²) < 4.78 is 84.0. The zero-order valence-electron chi connectivity index (χ0n) is 18.3. The van der Waals surface area contributed by atoms with Gasteiger partial charge in [0.05, 0.1) is 21.8 Å². The highest BCUT2D eigenvalue weighted by Gasteiger charge is 2.37. The van der Waals surface area contributed by atoms with Crippen molar-refractivity contribution in [2.75, 3.05) is 35.8 Å². The van der Waals surface area contributed by atoms with E-state index in [-0.39, 0.29) is 42.3 Å². The number of rotatable bonds is 4. The number of hydrogen-bond donors (Lipinski definition) is 1. The monoisotopic (exact) mass is 524 g/mol. The van der Waals surface area contributed by atoms with Crippen LogP contribution in [0.5, 0.6) is 0 Å². The Kier molecular flexibility index (Phi) is 7.42. The van der Waals surface area contributed by atoms with E-state index in [0.717, 1.165) is 12.1 Å². The van der Waals surface area contributed by atoms with Crippen LogP contribution < -0.4 is 10.2 Å². The summed E-state index contributed by atoms with van der Waals surface area (Å²) in [6.45, 7) is -0.180. The van der Waals surface area contributed by atoms with Crippen molar-refractivity contribution in [3.8, 4) is 0 Å². The van der Waals surface area contributed by atoms with Gasteiger partial charge in [0.2, 0.25) is 5.92 Å². The Morgan fingerprint density at radius 3 is 2.56 bits per heavy atom. The van der Waals surface area contributed by atoms with Gasteiger partial charge in [0.15, 0.2) is 5.82 Å². The van der Waals surface area contributed by atoms with Gasteiger partial charge in [0.25, 0.3) is 5.91 Å². The number of carbonyl (C=O) groups excluding carboxylic acids is 1. The molecular weight excluding hydrogens is 503 g/mol. The van der Waals surface area contributed by atoms with Gasteiger partial charge in [-0.2, -0.15) is 17.5 Å². The number of hydrogen-bond acceptors (Lipinski definition) is 5. The molecule has 0 saturated carbocycles. The first-order valence-electron chi connectivity index (χ1n) is 10.1. The molecule has 1 amide bonds. The molecule has 2 aromatic rings. The van der Waals surface area contributed by atoms with Crippen LogP contribution in [0.1, 0.15) is 35.2 Å². The first kappa shape index (κ1) is 26.1. The molecule has 1 N–H and O–H groups in total.